The minimum absolute atomic E-state index is 0.193. The van der Waals surface area contributed by atoms with E-state index in [2.05, 4.69) is 19.4 Å². The molecule has 1 heterocycles. The van der Waals surface area contributed by atoms with Crippen LogP contribution >= 0.6 is 11.6 Å². The Labute approximate surface area is 118 Å². The van der Waals surface area contributed by atoms with Crippen LogP contribution in [-0.4, -0.2) is 29.6 Å². The first-order valence-corrected chi connectivity index (χ1v) is 7.01. The van der Waals surface area contributed by atoms with Gasteiger partial charge in [-0.2, -0.15) is 4.98 Å². The highest BCUT2D eigenvalue weighted by Gasteiger charge is 2.20. The molecular formula is C10H8ClN3O5S. The lowest BCUT2D eigenvalue weighted by Crippen LogP contribution is -2.13. The number of aromatic carboxylic acids is 1. The lowest BCUT2D eigenvalue weighted by atomic mass is 10.2. The summed E-state index contributed by atoms with van der Waals surface area (Å²) in [6.07, 6.45) is 0. The topological polar surface area (TPSA) is 122 Å². The van der Waals surface area contributed by atoms with E-state index in [4.69, 9.17) is 16.7 Å². The molecule has 1 aromatic carbocycles. The highest BCUT2D eigenvalue weighted by atomic mass is 35.5. The molecule has 0 aliphatic carbocycles. The van der Waals surface area contributed by atoms with Crippen molar-refractivity contribution in [1.29, 1.82) is 0 Å². The first kappa shape index (κ1) is 14.3. The number of sulfonamides is 1. The van der Waals surface area contributed by atoms with Crippen LogP contribution in [0.5, 0.6) is 0 Å². The predicted octanol–water partition coefficient (Wildman–Crippen LogP) is 1.53. The number of carboxylic acid groups (broad SMARTS) is 1. The number of benzene rings is 1. The molecule has 8 nitrogen and oxygen atoms in total. The smallest absolute Gasteiger partial charge is 0.337 e. The summed E-state index contributed by atoms with van der Waals surface area (Å²) in [7, 11) is -3.99. The molecule has 10 heteroatoms. The fourth-order valence-electron chi connectivity index (χ4n) is 1.35. The summed E-state index contributed by atoms with van der Waals surface area (Å²) >= 11 is 5.71. The van der Waals surface area contributed by atoms with Crippen molar-refractivity contribution in [3.8, 4) is 0 Å². The van der Waals surface area contributed by atoms with Crippen molar-refractivity contribution in [2.24, 2.45) is 0 Å². The van der Waals surface area contributed by atoms with Crippen molar-refractivity contribution in [3.63, 3.8) is 0 Å². The molecule has 0 aliphatic heterocycles. The van der Waals surface area contributed by atoms with Crippen LogP contribution in [0, 0.1) is 6.92 Å². The summed E-state index contributed by atoms with van der Waals surface area (Å²) in [5.74, 6) is -0.985. The molecule has 1 aromatic heterocycles. The normalized spacial score (nSPS) is 11.3. The van der Waals surface area contributed by atoms with Gasteiger partial charge in [0.15, 0.2) is 5.82 Å². The maximum Gasteiger partial charge on any atom is 0.337 e. The molecule has 0 amide bonds. The molecule has 2 aromatic rings. The Hall–Kier alpha value is -2.13. The zero-order chi connectivity index (χ0) is 14.9. The van der Waals surface area contributed by atoms with Crippen molar-refractivity contribution >= 4 is 33.6 Å². The number of aromatic nitrogens is 2. The lowest BCUT2D eigenvalue weighted by molar-refractivity contribution is 0.0697. The van der Waals surface area contributed by atoms with Gasteiger partial charge in [0.2, 0.25) is 0 Å². The first-order valence-electron chi connectivity index (χ1n) is 5.15. The van der Waals surface area contributed by atoms with E-state index in [0.29, 0.717) is 0 Å². The molecule has 0 bridgehead atoms. The molecule has 0 atom stereocenters. The zero-order valence-electron chi connectivity index (χ0n) is 9.99. The number of aryl methyl sites for hydroxylation is 1. The van der Waals surface area contributed by atoms with Gasteiger partial charge in [-0.1, -0.05) is 16.8 Å². The van der Waals surface area contributed by atoms with Crippen LogP contribution in [0.4, 0.5) is 6.01 Å². The zero-order valence-corrected chi connectivity index (χ0v) is 11.6. The number of hydrogen-bond donors (Lipinski definition) is 2. The van der Waals surface area contributed by atoms with Gasteiger partial charge >= 0.3 is 12.0 Å². The Morgan fingerprint density at radius 3 is 2.65 bits per heavy atom. The van der Waals surface area contributed by atoms with Gasteiger partial charge in [0.25, 0.3) is 10.0 Å². The third kappa shape index (κ3) is 2.89. The number of nitrogens with zero attached hydrogens (tertiary/aromatic N) is 2. The number of carboxylic acids is 1. The van der Waals surface area contributed by atoms with Gasteiger partial charge < -0.3 is 9.63 Å². The van der Waals surface area contributed by atoms with Crippen molar-refractivity contribution in [2.75, 3.05) is 4.72 Å². The first-order chi connectivity index (χ1) is 9.29. The van der Waals surface area contributed by atoms with E-state index in [0.717, 1.165) is 18.2 Å². The van der Waals surface area contributed by atoms with Crippen LogP contribution in [0.3, 0.4) is 0 Å². The summed E-state index contributed by atoms with van der Waals surface area (Å²) in [4.78, 5) is 14.3. The van der Waals surface area contributed by atoms with Crippen LogP contribution in [0.25, 0.3) is 0 Å². The van der Waals surface area contributed by atoms with Gasteiger partial charge in [0.05, 0.1) is 15.5 Å². The summed E-state index contributed by atoms with van der Waals surface area (Å²) < 4.78 is 30.7. The van der Waals surface area contributed by atoms with E-state index in [1.807, 2.05) is 0 Å². The van der Waals surface area contributed by atoms with E-state index >= 15 is 0 Å². The molecule has 0 aliphatic rings. The molecule has 106 valence electrons. The monoisotopic (exact) mass is 317 g/mol. The third-order valence-corrected chi connectivity index (χ3v) is 3.86. The molecule has 0 saturated heterocycles. The fourth-order valence-corrected chi connectivity index (χ4v) is 2.63. The van der Waals surface area contributed by atoms with Crippen LogP contribution in [0.15, 0.2) is 27.6 Å². The largest absolute Gasteiger partial charge is 0.478 e. The molecule has 0 saturated carbocycles. The number of halogens is 1. The molecule has 0 unspecified atom stereocenters. The average Bonchev–Trinajstić information content (AvgIpc) is 2.73. The van der Waals surface area contributed by atoms with E-state index in [-0.39, 0.29) is 27.3 Å². The highest BCUT2D eigenvalue weighted by molar-refractivity contribution is 7.92. The van der Waals surface area contributed by atoms with Crippen molar-refractivity contribution in [1.82, 2.24) is 10.1 Å². The molecule has 0 spiro atoms. The lowest BCUT2D eigenvalue weighted by Gasteiger charge is -2.05. The molecule has 2 rings (SSSR count). The van der Waals surface area contributed by atoms with Gasteiger partial charge in [-0.05, 0) is 25.1 Å². The van der Waals surface area contributed by atoms with Crippen molar-refractivity contribution in [2.45, 2.75) is 11.8 Å². The van der Waals surface area contributed by atoms with Gasteiger partial charge in [-0.15, -0.1) is 0 Å². The standard InChI is InChI=1S/C10H8ClN3O5S/c1-5-12-10(19-13-5)14-20(17,18)6-2-3-7(9(15)16)8(11)4-6/h2-4H,1H3,(H,15,16)(H,12,13,14). The Bertz CT molecular complexity index is 771. The molecule has 20 heavy (non-hydrogen) atoms. The second-order valence-electron chi connectivity index (χ2n) is 3.70. The number of carbonyl (C=O) groups is 1. The van der Waals surface area contributed by atoms with E-state index in [1.165, 1.54) is 6.92 Å². The minimum atomic E-state index is -3.99. The number of nitrogens with one attached hydrogen (secondary N) is 1. The summed E-state index contributed by atoms with van der Waals surface area (Å²) in [5.41, 5.74) is -0.195. The van der Waals surface area contributed by atoms with Crippen LogP contribution in [0.2, 0.25) is 5.02 Å². The Balaban J connectivity index is 2.35. The SMILES string of the molecule is Cc1noc(NS(=O)(=O)c2ccc(C(=O)O)c(Cl)c2)n1. The molecule has 0 fully saturated rings. The van der Waals surface area contributed by atoms with Crippen molar-refractivity contribution < 1.29 is 22.8 Å². The summed E-state index contributed by atoms with van der Waals surface area (Å²) in [5, 5.41) is 12.1. The second kappa shape index (κ2) is 5.10. The van der Waals surface area contributed by atoms with Gasteiger partial charge in [0, 0.05) is 0 Å². The van der Waals surface area contributed by atoms with Gasteiger partial charge in [0.1, 0.15) is 0 Å². The fraction of sp³-hybridized carbons (Fsp3) is 0.100. The quantitative estimate of drug-likeness (QED) is 0.876. The Morgan fingerprint density at radius 1 is 1.45 bits per heavy atom. The summed E-state index contributed by atoms with van der Waals surface area (Å²) in [6, 6.07) is 2.94. The third-order valence-electron chi connectivity index (χ3n) is 2.23. The van der Waals surface area contributed by atoms with E-state index < -0.39 is 16.0 Å². The molecule has 2 N–H and O–H groups in total. The van der Waals surface area contributed by atoms with Crippen LogP contribution in [-0.2, 0) is 10.0 Å². The predicted molar refractivity (Wildman–Crippen MR) is 68.3 cm³/mol. The number of rotatable bonds is 4. The van der Waals surface area contributed by atoms with Crippen LogP contribution in [0.1, 0.15) is 16.2 Å². The van der Waals surface area contributed by atoms with Gasteiger partial charge in [-0.25, -0.2) is 17.9 Å². The highest BCUT2D eigenvalue weighted by Crippen LogP contribution is 2.22. The average molecular weight is 318 g/mol. The van der Waals surface area contributed by atoms with Gasteiger partial charge in [-0.3, -0.25) is 0 Å². The number of anilines is 1. The molecule has 0 radical (unpaired) electrons. The van der Waals surface area contributed by atoms with Crippen LogP contribution < -0.4 is 4.72 Å². The maximum absolute atomic E-state index is 12.0. The second-order valence-corrected chi connectivity index (χ2v) is 5.79. The summed E-state index contributed by atoms with van der Waals surface area (Å²) in [6.45, 7) is 1.53. The van der Waals surface area contributed by atoms with E-state index in [9.17, 15) is 13.2 Å². The number of hydrogen-bond acceptors (Lipinski definition) is 6. The Kier molecular flexibility index (Phi) is 3.64. The van der Waals surface area contributed by atoms with Crippen molar-refractivity contribution in [3.05, 3.63) is 34.6 Å². The Morgan fingerprint density at radius 2 is 2.15 bits per heavy atom. The molecular weight excluding hydrogens is 310 g/mol. The maximum atomic E-state index is 12.0. The minimum Gasteiger partial charge on any atom is -0.478 e. The van der Waals surface area contributed by atoms with E-state index in [1.54, 1.807) is 0 Å².